The number of carboxylic acid groups (broad SMARTS) is 1. The number of methoxy groups -OCH3 is 2. The minimum absolute atomic E-state index is 0.0612. The van der Waals surface area contributed by atoms with Gasteiger partial charge in [-0.25, -0.2) is 4.79 Å². The van der Waals surface area contributed by atoms with Crippen LogP contribution >= 0.6 is 11.8 Å². The number of rotatable bonds is 9. The van der Waals surface area contributed by atoms with Gasteiger partial charge in [0.15, 0.2) is 0 Å². The first kappa shape index (κ1) is 26.6. The number of fused-ring (bicyclic) bond motifs is 1. The molecule has 0 saturated heterocycles. The second-order valence-electron chi connectivity index (χ2n) is 8.35. The van der Waals surface area contributed by atoms with Crippen LogP contribution in [0.2, 0.25) is 0 Å². The summed E-state index contributed by atoms with van der Waals surface area (Å²) >= 11 is 1.33. The zero-order valence-corrected chi connectivity index (χ0v) is 21.8. The zero-order valence-electron chi connectivity index (χ0n) is 21.0. The molecule has 8 nitrogen and oxygen atoms in total. The van der Waals surface area contributed by atoms with E-state index in [2.05, 4.69) is 10.6 Å². The van der Waals surface area contributed by atoms with Crippen molar-refractivity contribution < 1.29 is 29.0 Å². The van der Waals surface area contributed by atoms with Gasteiger partial charge in [0.2, 0.25) is 5.91 Å². The average molecular weight is 531 g/mol. The van der Waals surface area contributed by atoms with E-state index < -0.39 is 17.1 Å². The molecule has 0 heterocycles. The Balaban J connectivity index is 1.48. The quantitative estimate of drug-likeness (QED) is 0.230. The maximum absolute atomic E-state index is 13.2. The third-order valence-corrected chi connectivity index (χ3v) is 6.87. The number of carbonyl (C=O) groups is 3. The van der Waals surface area contributed by atoms with Crippen molar-refractivity contribution in [2.24, 2.45) is 0 Å². The van der Waals surface area contributed by atoms with Crippen LogP contribution in [0.15, 0.2) is 83.8 Å². The van der Waals surface area contributed by atoms with Crippen LogP contribution in [-0.4, -0.2) is 42.4 Å². The van der Waals surface area contributed by atoms with Gasteiger partial charge in [-0.1, -0.05) is 30.3 Å². The van der Waals surface area contributed by atoms with E-state index in [-0.39, 0.29) is 17.0 Å². The number of anilines is 2. The lowest BCUT2D eigenvalue weighted by Crippen LogP contribution is -2.22. The first-order chi connectivity index (χ1) is 18.3. The van der Waals surface area contributed by atoms with Crippen LogP contribution in [0, 0.1) is 0 Å². The van der Waals surface area contributed by atoms with Gasteiger partial charge in [-0.2, -0.15) is 0 Å². The summed E-state index contributed by atoms with van der Waals surface area (Å²) in [5, 5.41) is 15.9. The van der Waals surface area contributed by atoms with Gasteiger partial charge in [0.25, 0.3) is 5.91 Å². The summed E-state index contributed by atoms with van der Waals surface area (Å²) in [6, 6.07) is 22.2. The van der Waals surface area contributed by atoms with Crippen molar-refractivity contribution in [3.8, 4) is 11.5 Å². The number of carbonyl (C=O) groups excluding carboxylic acids is 2. The molecular weight excluding hydrogens is 504 g/mol. The standard InChI is InChI=1S/C29H26N2O6S/c1-17(27(32)31-20-13-21(36-2)16-22(14-20)37-3)38-23-10-6-9-19(15-23)30-28(33)24-11-4-7-18-8-5-12-25(26(18)24)29(34)35/h4-17H,1-3H3,(H,30,33)(H,31,32)(H,34,35). The second kappa shape index (κ2) is 11.7. The monoisotopic (exact) mass is 530 g/mol. The van der Waals surface area contributed by atoms with E-state index in [1.54, 1.807) is 73.7 Å². The molecule has 0 spiro atoms. The molecule has 194 valence electrons. The van der Waals surface area contributed by atoms with Gasteiger partial charge in [-0.15, -0.1) is 11.8 Å². The summed E-state index contributed by atoms with van der Waals surface area (Å²) in [5.74, 6) is -0.620. The van der Waals surface area contributed by atoms with Crippen LogP contribution in [0.25, 0.3) is 10.8 Å². The molecule has 2 amide bonds. The van der Waals surface area contributed by atoms with Crippen LogP contribution in [0.3, 0.4) is 0 Å². The van der Waals surface area contributed by atoms with E-state index in [0.29, 0.717) is 33.6 Å². The van der Waals surface area contributed by atoms with Gasteiger partial charge in [0.05, 0.1) is 25.0 Å². The molecule has 4 aromatic carbocycles. The third kappa shape index (κ3) is 6.07. The maximum Gasteiger partial charge on any atom is 0.336 e. The molecule has 0 bridgehead atoms. The number of hydrogen-bond acceptors (Lipinski definition) is 6. The number of aromatic carboxylic acids is 1. The van der Waals surface area contributed by atoms with E-state index in [1.807, 2.05) is 6.07 Å². The minimum atomic E-state index is -1.10. The van der Waals surface area contributed by atoms with E-state index in [1.165, 1.54) is 32.0 Å². The average Bonchev–Trinajstić information content (AvgIpc) is 2.92. The molecule has 0 aliphatic carbocycles. The van der Waals surface area contributed by atoms with E-state index >= 15 is 0 Å². The largest absolute Gasteiger partial charge is 0.497 e. The summed E-state index contributed by atoms with van der Waals surface area (Å²) < 4.78 is 10.5. The predicted molar refractivity (Wildman–Crippen MR) is 149 cm³/mol. The van der Waals surface area contributed by atoms with Crippen LogP contribution in [0.1, 0.15) is 27.6 Å². The smallest absolute Gasteiger partial charge is 0.336 e. The molecule has 4 aromatic rings. The molecule has 0 saturated carbocycles. The van der Waals surface area contributed by atoms with Crippen molar-refractivity contribution in [2.75, 3.05) is 24.9 Å². The van der Waals surface area contributed by atoms with Crippen molar-refractivity contribution in [1.29, 1.82) is 0 Å². The Morgan fingerprint density at radius 3 is 2.05 bits per heavy atom. The molecule has 1 unspecified atom stereocenters. The highest BCUT2D eigenvalue weighted by atomic mass is 32.2. The summed E-state index contributed by atoms with van der Waals surface area (Å²) in [4.78, 5) is 38.5. The van der Waals surface area contributed by atoms with Gasteiger partial charge in [0.1, 0.15) is 11.5 Å². The molecule has 0 aromatic heterocycles. The van der Waals surface area contributed by atoms with Crippen LogP contribution < -0.4 is 20.1 Å². The molecule has 4 rings (SSSR count). The van der Waals surface area contributed by atoms with Crippen molar-refractivity contribution in [2.45, 2.75) is 17.1 Å². The third-order valence-electron chi connectivity index (χ3n) is 5.77. The molecule has 0 aliphatic rings. The van der Waals surface area contributed by atoms with Gasteiger partial charge < -0.3 is 25.2 Å². The molecule has 0 fully saturated rings. The van der Waals surface area contributed by atoms with Crippen molar-refractivity contribution in [3.05, 3.63) is 90.0 Å². The Morgan fingerprint density at radius 1 is 0.789 bits per heavy atom. The van der Waals surface area contributed by atoms with E-state index in [0.717, 1.165) is 4.90 Å². The first-order valence-corrected chi connectivity index (χ1v) is 12.5. The Kier molecular flexibility index (Phi) is 8.18. The van der Waals surface area contributed by atoms with Crippen molar-refractivity contribution in [3.63, 3.8) is 0 Å². The minimum Gasteiger partial charge on any atom is -0.497 e. The molecule has 38 heavy (non-hydrogen) atoms. The van der Waals surface area contributed by atoms with E-state index in [9.17, 15) is 19.5 Å². The molecule has 9 heteroatoms. The Labute approximate surface area is 224 Å². The highest BCUT2D eigenvalue weighted by Gasteiger charge is 2.18. The fourth-order valence-corrected chi connectivity index (χ4v) is 4.86. The molecule has 1 atom stereocenters. The number of amides is 2. The van der Waals surface area contributed by atoms with Gasteiger partial charge >= 0.3 is 5.97 Å². The molecular formula is C29H26N2O6S. The lowest BCUT2D eigenvalue weighted by Gasteiger charge is -2.15. The normalized spacial score (nSPS) is 11.4. The number of hydrogen-bond donors (Lipinski definition) is 3. The first-order valence-electron chi connectivity index (χ1n) is 11.7. The summed E-state index contributed by atoms with van der Waals surface area (Å²) in [7, 11) is 3.08. The van der Waals surface area contributed by atoms with Gasteiger partial charge in [-0.3, -0.25) is 9.59 Å². The highest BCUT2D eigenvalue weighted by Crippen LogP contribution is 2.30. The Bertz CT molecular complexity index is 1490. The van der Waals surface area contributed by atoms with Crippen LogP contribution in [0.4, 0.5) is 11.4 Å². The summed E-state index contributed by atoms with van der Waals surface area (Å²) in [6.07, 6.45) is 0. The van der Waals surface area contributed by atoms with Crippen molar-refractivity contribution >= 4 is 51.7 Å². The Morgan fingerprint density at radius 2 is 1.42 bits per heavy atom. The number of benzene rings is 4. The van der Waals surface area contributed by atoms with Crippen LogP contribution in [-0.2, 0) is 4.79 Å². The van der Waals surface area contributed by atoms with Gasteiger partial charge in [-0.05, 0) is 42.6 Å². The predicted octanol–water partition coefficient (Wildman–Crippen LogP) is 5.93. The number of ether oxygens (including phenoxy) is 2. The molecule has 0 radical (unpaired) electrons. The second-order valence-corrected chi connectivity index (χ2v) is 9.76. The summed E-state index contributed by atoms with van der Waals surface area (Å²) in [5.41, 5.74) is 1.40. The SMILES string of the molecule is COc1cc(NC(=O)C(C)Sc2cccc(NC(=O)c3cccc4cccc(C(=O)O)c34)c2)cc(OC)c1. The number of nitrogens with one attached hydrogen (secondary N) is 2. The Hall–Kier alpha value is -4.50. The van der Waals surface area contributed by atoms with Crippen molar-refractivity contribution in [1.82, 2.24) is 0 Å². The zero-order chi connectivity index (χ0) is 27.2. The molecule has 0 aliphatic heterocycles. The maximum atomic E-state index is 13.2. The highest BCUT2D eigenvalue weighted by molar-refractivity contribution is 8.00. The lowest BCUT2D eigenvalue weighted by atomic mass is 9.98. The van der Waals surface area contributed by atoms with E-state index in [4.69, 9.17) is 9.47 Å². The number of carboxylic acids is 1. The van der Waals surface area contributed by atoms with Crippen LogP contribution in [0.5, 0.6) is 11.5 Å². The number of thioether (sulfide) groups is 1. The fourth-order valence-electron chi connectivity index (χ4n) is 3.94. The fraction of sp³-hybridized carbons (Fsp3) is 0.138. The topological polar surface area (TPSA) is 114 Å². The van der Waals surface area contributed by atoms with Gasteiger partial charge in [0, 0.05) is 45.4 Å². The molecule has 3 N–H and O–H groups in total. The lowest BCUT2D eigenvalue weighted by molar-refractivity contribution is -0.115. The summed E-state index contributed by atoms with van der Waals surface area (Å²) in [6.45, 7) is 1.78.